The normalized spacial score (nSPS) is 20.1. The van der Waals surface area contributed by atoms with Gasteiger partial charge in [0.2, 0.25) is 17.7 Å². The molecule has 2 aromatic carbocycles. The fraction of sp³-hybridized carbons (Fsp3) is 0.526. The lowest BCUT2D eigenvalue weighted by Gasteiger charge is -2.40. The Hall–Kier alpha value is -3.99. The number of ether oxygens (including phenoxy) is 1. The molecule has 3 heterocycles. The van der Waals surface area contributed by atoms with E-state index in [1.807, 2.05) is 36.9 Å². The van der Waals surface area contributed by atoms with Crippen LogP contribution in [0.3, 0.4) is 0 Å². The Morgan fingerprint density at radius 1 is 0.939 bits per heavy atom. The second-order valence-electron chi connectivity index (χ2n) is 16.0. The van der Waals surface area contributed by atoms with E-state index in [1.165, 1.54) is 12.1 Å². The first kappa shape index (κ1) is 36.3. The molecule has 4 bridgehead atoms. The van der Waals surface area contributed by atoms with Gasteiger partial charge in [0.25, 0.3) is 15.9 Å². The van der Waals surface area contributed by atoms with Crippen molar-refractivity contribution in [1.82, 2.24) is 19.8 Å². The summed E-state index contributed by atoms with van der Waals surface area (Å²) < 4.78 is 36.4. The van der Waals surface area contributed by atoms with Crippen molar-refractivity contribution in [2.75, 3.05) is 31.0 Å². The maximum atomic E-state index is 14.5. The van der Waals surface area contributed by atoms with Gasteiger partial charge in [-0.15, -0.1) is 0 Å². The Balaban J connectivity index is 1.60. The largest absolute Gasteiger partial charge is 0.475 e. The van der Waals surface area contributed by atoms with Crippen LogP contribution in [-0.2, 0) is 14.8 Å². The number of carbonyl (C=O) groups excluding carboxylic acids is 2. The fourth-order valence-corrected chi connectivity index (χ4v) is 7.69. The van der Waals surface area contributed by atoms with Crippen LogP contribution in [0.5, 0.6) is 5.88 Å². The number of anilines is 1. The Kier molecular flexibility index (Phi) is 10.4. The first-order valence-electron chi connectivity index (χ1n) is 17.2. The number of benzene rings is 2. The van der Waals surface area contributed by atoms with Crippen molar-refractivity contribution in [2.24, 2.45) is 16.7 Å². The first-order chi connectivity index (χ1) is 22.9. The molecule has 2 atom stereocenters. The van der Waals surface area contributed by atoms with Gasteiger partial charge in [0, 0.05) is 36.8 Å². The smallest absolute Gasteiger partial charge is 0.264 e. The van der Waals surface area contributed by atoms with E-state index in [-0.39, 0.29) is 64.0 Å². The van der Waals surface area contributed by atoms with Gasteiger partial charge in [-0.3, -0.25) is 9.59 Å². The molecule has 5 rings (SSSR count). The van der Waals surface area contributed by atoms with Crippen LogP contribution in [0.25, 0.3) is 11.3 Å². The van der Waals surface area contributed by atoms with Crippen molar-refractivity contribution in [3.63, 3.8) is 0 Å². The third kappa shape index (κ3) is 8.98. The van der Waals surface area contributed by atoms with E-state index in [9.17, 15) is 18.0 Å². The number of hydrogen-bond donors (Lipinski definition) is 1. The summed E-state index contributed by atoms with van der Waals surface area (Å²) >= 11 is 0. The molecule has 0 aliphatic carbocycles. The summed E-state index contributed by atoms with van der Waals surface area (Å²) in [5.41, 5.74) is 3.43. The molecule has 0 spiro atoms. The topological polar surface area (TPSA) is 122 Å². The van der Waals surface area contributed by atoms with Crippen LogP contribution in [-0.4, -0.2) is 72.3 Å². The van der Waals surface area contributed by atoms with Gasteiger partial charge >= 0.3 is 0 Å². The van der Waals surface area contributed by atoms with Crippen molar-refractivity contribution >= 4 is 27.8 Å². The molecule has 1 saturated heterocycles. The monoisotopic (exact) mass is 689 g/mol. The molecule has 0 saturated carbocycles. The fourth-order valence-electron chi connectivity index (χ4n) is 6.70. The van der Waals surface area contributed by atoms with Gasteiger partial charge in [-0.25, -0.2) is 18.1 Å². The van der Waals surface area contributed by atoms with E-state index in [0.29, 0.717) is 31.6 Å². The Morgan fingerprint density at radius 2 is 1.63 bits per heavy atom. The number of hydrogen-bond acceptors (Lipinski definition) is 7. The van der Waals surface area contributed by atoms with Crippen molar-refractivity contribution in [1.29, 1.82) is 0 Å². The number of aryl methyl sites for hydroxylation is 2. The van der Waals surface area contributed by atoms with Crippen LogP contribution in [0.1, 0.15) is 88.7 Å². The molecule has 1 aromatic heterocycles. The average Bonchev–Trinajstić information content (AvgIpc) is 3.00. The molecule has 10 nitrogen and oxygen atoms in total. The van der Waals surface area contributed by atoms with Crippen molar-refractivity contribution in [3.8, 4) is 17.1 Å². The molecule has 0 radical (unpaired) electrons. The van der Waals surface area contributed by atoms with Crippen molar-refractivity contribution in [3.05, 3.63) is 65.2 Å². The zero-order chi connectivity index (χ0) is 35.7. The Labute approximate surface area is 291 Å². The minimum atomic E-state index is -4.18. The first-order valence-corrected chi connectivity index (χ1v) is 18.7. The van der Waals surface area contributed by atoms with Crippen LogP contribution in [0.2, 0.25) is 0 Å². The molecule has 1 fully saturated rings. The maximum absolute atomic E-state index is 14.5. The number of nitrogens with one attached hydrogen (secondary N) is 1. The summed E-state index contributed by atoms with van der Waals surface area (Å²) in [5.74, 6) is -0.613. The Morgan fingerprint density at radius 3 is 2.31 bits per heavy atom. The number of amides is 2. The molecular formula is C38H51N5O5S. The third-order valence-corrected chi connectivity index (χ3v) is 10.5. The standard InChI is InChI=1S/C38H51N5O5S/c1-25-12-9-13-26(2)33(25)31-21-32-40-36(39-31)41-49(46,47)30-16-10-14-27(20-30)35(45)43(29(24-48-32)22-38(6,7)8)23-28-15-11-18-42(34(28)44)19-17-37(3,4)5/h9-10,12-14,16,20-21,28-29H,11,15,17-19,22-24H2,1-8H3,(H,39,40,41)/t28?,29-/m1/s1. The summed E-state index contributed by atoms with van der Waals surface area (Å²) in [7, 11) is -4.18. The van der Waals surface area contributed by atoms with Crippen LogP contribution < -0.4 is 9.46 Å². The van der Waals surface area contributed by atoms with E-state index in [4.69, 9.17) is 4.74 Å². The molecule has 1 unspecified atom stereocenters. The lowest BCUT2D eigenvalue weighted by atomic mass is 9.86. The van der Waals surface area contributed by atoms with Gasteiger partial charge < -0.3 is 14.5 Å². The molecule has 3 aromatic rings. The molecular weight excluding hydrogens is 639 g/mol. The summed E-state index contributed by atoms with van der Waals surface area (Å²) in [4.78, 5) is 41.1. The van der Waals surface area contributed by atoms with E-state index < -0.39 is 16.1 Å². The zero-order valence-corrected chi connectivity index (χ0v) is 31.0. The minimum Gasteiger partial charge on any atom is -0.475 e. The SMILES string of the molecule is Cc1cccc(C)c1-c1cc2nc(n1)NS(=O)(=O)c1cccc(c1)C(=O)N(CC1CCCN(CCC(C)(C)C)C1=O)[C@H](CC(C)(C)C)CO2. The average molecular weight is 690 g/mol. The summed E-state index contributed by atoms with van der Waals surface area (Å²) in [6.07, 6.45) is 2.98. The molecule has 2 amide bonds. The van der Waals surface area contributed by atoms with Gasteiger partial charge in [-0.1, -0.05) is 65.8 Å². The highest BCUT2D eigenvalue weighted by Crippen LogP contribution is 2.32. The highest BCUT2D eigenvalue weighted by Gasteiger charge is 2.37. The molecule has 2 aliphatic heterocycles. The Bertz CT molecular complexity index is 1790. The molecule has 49 heavy (non-hydrogen) atoms. The van der Waals surface area contributed by atoms with Gasteiger partial charge in [0.1, 0.15) is 6.61 Å². The lowest BCUT2D eigenvalue weighted by Crippen LogP contribution is -2.52. The second kappa shape index (κ2) is 14.1. The number of sulfonamides is 1. The highest BCUT2D eigenvalue weighted by molar-refractivity contribution is 7.92. The van der Waals surface area contributed by atoms with Crippen molar-refractivity contribution in [2.45, 2.75) is 92.0 Å². The van der Waals surface area contributed by atoms with E-state index in [1.54, 1.807) is 23.1 Å². The number of aromatic nitrogens is 2. The van der Waals surface area contributed by atoms with Crippen molar-refractivity contribution < 1.29 is 22.7 Å². The number of fused-ring (bicyclic) bond motifs is 4. The summed E-state index contributed by atoms with van der Waals surface area (Å²) in [5, 5.41) is 0. The van der Waals surface area contributed by atoms with E-state index >= 15 is 0 Å². The van der Waals surface area contributed by atoms with E-state index in [2.05, 4.69) is 56.2 Å². The number of likely N-dealkylation sites (tertiary alicyclic amines) is 1. The van der Waals surface area contributed by atoms with Crippen LogP contribution in [0.4, 0.5) is 5.95 Å². The third-order valence-electron chi connectivity index (χ3n) is 9.22. The molecule has 264 valence electrons. The van der Waals surface area contributed by atoms with Crippen LogP contribution in [0, 0.1) is 30.6 Å². The van der Waals surface area contributed by atoms with E-state index in [0.717, 1.165) is 29.5 Å². The summed E-state index contributed by atoms with van der Waals surface area (Å²) in [6.45, 7) is 18.5. The molecule has 11 heteroatoms. The maximum Gasteiger partial charge on any atom is 0.264 e. The van der Waals surface area contributed by atoms with Gasteiger partial charge in [0.15, 0.2) is 0 Å². The van der Waals surface area contributed by atoms with Crippen LogP contribution in [0.15, 0.2) is 53.4 Å². The lowest BCUT2D eigenvalue weighted by molar-refractivity contribution is -0.139. The predicted octanol–water partition coefficient (Wildman–Crippen LogP) is 6.88. The number of nitrogens with zero attached hydrogens (tertiary/aromatic N) is 4. The van der Waals surface area contributed by atoms with Gasteiger partial charge in [-0.05, 0) is 79.7 Å². The number of rotatable bonds is 6. The predicted molar refractivity (Wildman–Crippen MR) is 192 cm³/mol. The minimum absolute atomic E-state index is 0.0563. The quantitative estimate of drug-likeness (QED) is 0.300. The zero-order valence-electron chi connectivity index (χ0n) is 30.2. The highest BCUT2D eigenvalue weighted by atomic mass is 32.2. The summed E-state index contributed by atoms with van der Waals surface area (Å²) in [6, 6.07) is 13.2. The number of carbonyl (C=O) groups is 2. The van der Waals surface area contributed by atoms with Gasteiger partial charge in [-0.2, -0.15) is 4.98 Å². The number of piperidine rings is 1. The molecule has 2 aliphatic rings. The molecule has 1 N–H and O–H groups in total. The second-order valence-corrected chi connectivity index (χ2v) is 17.7. The van der Waals surface area contributed by atoms with Gasteiger partial charge in [0.05, 0.1) is 22.5 Å². The van der Waals surface area contributed by atoms with Crippen LogP contribution >= 0.6 is 0 Å².